The fourth-order valence-electron chi connectivity index (χ4n) is 5.10. The van der Waals surface area contributed by atoms with Crippen LogP contribution in [0.3, 0.4) is 0 Å². The fourth-order valence-corrected chi connectivity index (χ4v) is 5.10. The zero-order valence-corrected chi connectivity index (χ0v) is 19.8. The highest BCUT2D eigenvalue weighted by Gasteiger charge is 2.21. The van der Waals surface area contributed by atoms with Gasteiger partial charge in [0.1, 0.15) is 28.4 Å². The minimum Gasteiger partial charge on any atom is -0.506 e. The molecule has 0 saturated carbocycles. The van der Waals surface area contributed by atoms with Crippen LogP contribution in [0.1, 0.15) is 5.69 Å². The van der Waals surface area contributed by atoms with Crippen molar-refractivity contribution in [3.63, 3.8) is 0 Å². The van der Waals surface area contributed by atoms with E-state index in [4.69, 9.17) is 8.83 Å². The van der Waals surface area contributed by atoms with Gasteiger partial charge in [0.2, 0.25) is 0 Å². The van der Waals surface area contributed by atoms with Crippen molar-refractivity contribution >= 4 is 32.7 Å². The maximum Gasteiger partial charge on any atom is 0.336 e. The second kappa shape index (κ2) is 7.96. The number of nitrogens with one attached hydrogen (secondary N) is 1. The van der Waals surface area contributed by atoms with Gasteiger partial charge < -0.3 is 13.9 Å². The van der Waals surface area contributed by atoms with Crippen LogP contribution in [-0.2, 0) is 0 Å². The molecule has 7 rings (SSSR count). The number of aryl methyl sites for hydroxylation is 1. The van der Waals surface area contributed by atoms with Crippen molar-refractivity contribution in [2.45, 2.75) is 6.92 Å². The second-order valence-electron chi connectivity index (χ2n) is 9.06. The molecule has 0 atom stereocenters. The normalized spacial score (nSPS) is 11.6. The molecule has 0 aliphatic heterocycles. The molecule has 0 fully saturated rings. The zero-order chi connectivity index (χ0) is 25.1. The molecule has 6 nitrogen and oxygen atoms in total. The van der Waals surface area contributed by atoms with Crippen molar-refractivity contribution in [3.05, 3.63) is 107 Å². The van der Waals surface area contributed by atoms with Crippen molar-refractivity contribution in [1.29, 1.82) is 0 Å². The van der Waals surface area contributed by atoms with Crippen LogP contribution in [0.25, 0.3) is 66.4 Å². The molecule has 0 amide bonds. The highest BCUT2D eigenvalue weighted by atomic mass is 16.4. The van der Waals surface area contributed by atoms with Crippen LogP contribution < -0.4 is 5.63 Å². The number of hydrogen-bond acceptors (Lipinski definition) is 5. The van der Waals surface area contributed by atoms with Gasteiger partial charge in [0.05, 0.1) is 5.39 Å². The highest BCUT2D eigenvalue weighted by Crippen LogP contribution is 2.43. The number of benzene rings is 4. The number of H-pyrrole nitrogens is 1. The van der Waals surface area contributed by atoms with E-state index >= 15 is 0 Å². The predicted molar refractivity (Wildman–Crippen MR) is 145 cm³/mol. The number of aromatic hydroxyl groups is 1. The topological polar surface area (TPSA) is 92.3 Å². The summed E-state index contributed by atoms with van der Waals surface area (Å²) >= 11 is 0. The summed E-state index contributed by atoms with van der Waals surface area (Å²) in [6, 6.07) is 28.4. The minimum absolute atomic E-state index is 0.0638. The first-order chi connectivity index (χ1) is 18.1. The van der Waals surface area contributed by atoms with Crippen molar-refractivity contribution in [1.82, 2.24) is 10.2 Å². The molecular formula is C31H20N2O4. The van der Waals surface area contributed by atoms with E-state index in [1.165, 1.54) is 6.07 Å². The SMILES string of the molecule is Cc1[nH]nc(-c2ccc3oc(-c4cc(=O)oc5c4ccc4ccccc45)cc3c2O)c1-c1ccccc1. The molecule has 3 aromatic heterocycles. The smallest absolute Gasteiger partial charge is 0.336 e. The first kappa shape index (κ1) is 21.2. The molecule has 7 aromatic rings. The lowest BCUT2D eigenvalue weighted by Crippen LogP contribution is -1.98. The Balaban J connectivity index is 1.43. The van der Waals surface area contributed by atoms with Gasteiger partial charge in [0, 0.05) is 39.2 Å². The Morgan fingerprint density at radius 3 is 2.46 bits per heavy atom. The van der Waals surface area contributed by atoms with Gasteiger partial charge in [0.25, 0.3) is 0 Å². The van der Waals surface area contributed by atoms with Gasteiger partial charge in [-0.25, -0.2) is 4.79 Å². The number of aromatic nitrogens is 2. The third kappa shape index (κ3) is 3.27. The molecule has 6 heteroatoms. The second-order valence-corrected chi connectivity index (χ2v) is 9.06. The average molecular weight is 485 g/mol. The Morgan fingerprint density at radius 1 is 0.784 bits per heavy atom. The summed E-state index contributed by atoms with van der Waals surface area (Å²) in [4.78, 5) is 12.5. The Morgan fingerprint density at radius 2 is 1.59 bits per heavy atom. The van der Waals surface area contributed by atoms with Crippen LogP contribution in [0.5, 0.6) is 5.75 Å². The van der Waals surface area contributed by atoms with Gasteiger partial charge in [-0.3, -0.25) is 5.10 Å². The summed E-state index contributed by atoms with van der Waals surface area (Å²) in [7, 11) is 0. The summed E-state index contributed by atoms with van der Waals surface area (Å²) in [5.41, 5.74) is 5.23. The molecule has 0 spiro atoms. The standard InChI is InChI=1S/C31H20N2O4/c1-17-28(19-8-3-2-4-9-19)29(33-32-17)22-13-14-25-24(30(22)35)15-26(36-25)23-16-27(34)37-31-20-10-6-5-7-18(20)11-12-21(23)31/h2-16,35H,1H3,(H,32,33). The molecule has 0 unspecified atom stereocenters. The van der Waals surface area contributed by atoms with Crippen molar-refractivity contribution in [2.24, 2.45) is 0 Å². The number of furan rings is 1. The van der Waals surface area contributed by atoms with E-state index in [9.17, 15) is 9.90 Å². The molecule has 0 saturated heterocycles. The number of rotatable bonds is 3. The Kier molecular flexibility index (Phi) is 4.56. The van der Waals surface area contributed by atoms with Gasteiger partial charge in [-0.15, -0.1) is 0 Å². The van der Waals surface area contributed by atoms with Crippen LogP contribution in [0, 0.1) is 6.92 Å². The van der Waals surface area contributed by atoms with Crippen LogP contribution in [0.2, 0.25) is 0 Å². The zero-order valence-electron chi connectivity index (χ0n) is 19.8. The number of fused-ring (bicyclic) bond motifs is 4. The maximum absolute atomic E-state index is 12.5. The van der Waals surface area contributed by atoms with Gasteiger partial charge >= 0.3 is 5.63 Å². The van der Waals surface area contributed by atoms with Gasteiger partial charge in [0.15, 0.2) is 0 Å². The molecule has 3 heterocycles. The number of hydrogen-bond donors (Lipinski definition) is 2. The van der Waals surface area contributed by atoms with Crippen LogP contribution in [0.15, 0.2) is 105 Å². The lowest BCUT2D eigenvalue weighted by atomic mass is 9.97. The van der Waals surface area contributed by atoms with E-state index < -0.39 is 5.63 Å². The van der Waals surface area contributed by atoms with Gasteiger partial charge in [-0.05, 0) is 42.1 Å². The van der Waals surface area contributed by atoms with E-state index in [1.807, 2.05) is 79.7 Å². The largest absolute Gasteiger partial charge is 0.506 e. The van der Waals surface area contributed by atoms with Gasteiger partial charge in [-0.2, -0.15) is 5.10 Å². The minimum atomic E-state index is -0.469. The number of phenolic OH excluding ortho intramolecular Hbond substituents is 1. The van der Waals surface area contributed by atoms with E-state index in [0.717, 1.165) is 33.0 Å². The molecule has 178 valence electrons. The Hall–Kier alpha value is -5.10. The van der Waals surface area contributed by atoms with Crippen LogP contribution in [-0.4, -0.2) is 15.3 Å². The lowest BCUT2D eigenvalue weighted by molar-refractivity contribution is 0.483. The summed E-state index contributed by atoms with van der Waals surface area (Å²) < 4.78 is 11.8. The molecule has 0 bridgehead atoms. The number of nitrogens with zero attached hydrogens (tertiary/aromatic N) is 1. The van der Waals surface area contributed by atoms with Crippen molar-refractivity contribution in [3.8, 4) is 39.5 Å². The lowest BCUT2D eigenvalue weighted by Gasteiger charge is -2.07. The quantitative estimate of drug-likeness (QED) is 0.201. The average Bonchev–Trinajstić information content (AvgIpc) is 3.53. The van der Waals surface area contributed by atoms with Crippen molar-refractivity contribution in [2.75, 3.05) is 0 Å². The third-order valence-corrected chi connectivity index (χ3v) is 6.84. The first-order valence-corrected chi connectivity index (χ1v) is 11.9. The monoisotopic (exact) mass is 484 g/mol. The summed E-state index contributed by atoms with van der Waals surface area (Å²) in [6.45, 7) is 1.96. The molecule has 4 aromatic carbocycles. The van der Waals surface area contributed by atoms with Crippen molar-refractivity contribution < 1.29 is 13.9 Å². The predicted octanol–water partition coefficient (Wildman–Crippen LogP) is 7.43. The Labute approximate surface area is 210 Å². The Bertz CT molecular complexity index is 2030. The summed E-state index contributed by atoms with van der Waals surface area (Å²) in [5, 5.41) is 22.0. The molecule has 0 aliphatic carbocycles. The maximum atomic E-state index is 12.5. The van der Waals surface area contributed by atoms with E-state index in [0.29, 0.717) is 39.1 Å². The van der Waals surface area contributed by atoms with E-state index in [1.54, 1.807) is 12.1 Å². The molecule has 0 aliphatic rings. The first-order valence-electron chi connectivity index (χ1n) is 11.9. The van der Waals surface area contributed by atoms with Crippen LogP contribution >= 0.6 is 0 Å². The number of phenols is 1. The fraction of sp³-hybridized carbons (Fsp3) is 0.0323. The molecule has 2 N–H and O–H groups in total. The van der Waals surface area contributed by atoms with Crippen LogP contribution in [0.4, 0.5) is 0 Å². The highest BCUT2D eigenvalue weighted by molar-refractivity contribution is 6.09. The number of aromatic amines is 1. The third-order valence-electron chi connectivity index (χ3n) is 6.84. The van der Waals surface area contributed by atoms with Gasteiger partial charge in [-0.1, -0.05) is 60.7 Å². The molecular weight excluding hydrogens is 464 g/mol. The van der Waals surface area contributed by atoms with E-state index in [-0.39, 0.29) is 5.75 Å². The molecule has 0 radical (unpaired) electrons. The summed E-state index contributed by atoms with van der Waals surface area (Å²) in [5.74, 6) is 0.533. The van der Waals surface area contributed by atoms with E-state index in [2.05, 4.69) is 10.2 Å². The summed E-state index contributed by atoms with van der Waals surface area (Å²) in [6.07, 6.45) is 0. The molecule has 37 heavy (non-hydrogen) atoms.